The summed E-state index contributed by atoms with van der Waals surface area (Å²) in [7, 11) is 1.61. The van der Waals surface area contributed by atoms with Gasteiger partial charge in [0.1, 0.15) is 5.69 Å². The molecule has 1 atom stereocenters. The predicted octanol–water partition coefficient (Wildman–Crippen LogP) is 2.73. The molecule has 0 saturated carbocycles. The van der Waals surface area contributed by atoms with Crippen molar-refractivity contribution in [1.82, 2.24) is 9.97 Å². The minimum absolute atomic E-state index is 0.181. The van der Waals surface area contributed by atoms with Crippen molar-refractivity contribution in [3.8, 4) is 5.88 Å². The fourth-order valence-corrected chi connectivity index (χ4v) is 1.06. The molecule has 1 heterocycles. The Bertz CT molecular complexity index is 367. The first-order chi connectivity index (χ1) is 8.43. The number of hydrogen-bond donors (Lipinski definition) is 1. The van der Waals surface area contributed by atoms with Crippen molar-refractivity contribution < 1.29 is 14.6 Å². The van der Waals surface area contributed by atoms with Gasteiger partial charge in [0.2, 0.25) is 5.88 Å². The lowest BCUT2D eigenvalue weighted by molar-refractivity contribution is -0.141. The highest BCUT2D eigenvalue weighted by atomic mass is 16.5. The Morgan fingerprint density at radius 3 is 2.17 bits per heavy atom. The van der Waals surface area contributed by atoms with Crippen molar-refractivity contribution in [2.45, 2.75) is 40.0 Å². The third-order valence-corrected chi connectivity index (χ3v) is 2.47. The number of nitrogens with zero attached hydrogens (tertiary/aromatic N) is 2. The predicted molar refractivity (Wildman–Crippen MR) is 69.8 cm³/mol. The number of hydrogen-bond acceptors (Lipinski definition) is 4. The molecule has 0 radical (unpaired) electrons. The molecule has 1 aromatic heterocycles. The Hall–Kier alpha value is -1.65. The molecule has 1 N–H and O–H groups in total. The summed E-state index contributed by atoms with van der Waals surface area (Å²) in [6, 6.07) is 0. The van der Waals surface area contributed by atoms with E-state index in [1.165, 1.54) is 0 Å². The number of rotatable bonds is 4. The average Bonchev–Trinajstić information content (AvgIpc) is 2.38. The molecular formula is C13H22N2O3. The van der Waals surface area contributed by atoms with Gasteiger partial charge in [-0.3, -0.25) is 9.78 Å². The number of methoxy groups -OCH3 is 1. The molecule has 18 heavy (non-hydrogen) atoms. The van der Waals surface area contributed by atoms with E-state index >= 15 is 0 Å². The largest absolute Gasteiger partial charge is 0.481 e. The van der Waals surface area contributed by atoms with Gasteiger partial charge in [-0.05, 0) is 6.42 Å². The summed E-state index contributed by atoms with van der Waals surface area (Å²) in [4.78, 5) is 18.1. The lowest BCUT2D eigenvalue weighted by Gasteiger charge is -2.07. The van der Waals surface area contributed by atoms with Crippen molar-refractivity contribution in [2.75, 3.05) is 7.11 Å². The van der Waals surface area contributed by atoms with E-state index in [4.69, 9.17) is 9.84 Å². The van der Waals surface area contributed by atoms with Crippen LogP contribution in [-0.4, -0.2) is 28.2 Å². The number of aromatic nitrogens is 2. The van der Waals surface area contributed by atoms with Gasteiger partial charge in [0.15, 0.2) is 0 Å². The van der Waals surface area contributed by atoms with Crippen LogP contribution in [0.5, 0.6) is 5.88 Å². The van der Waals surface area contributed by atoms with E-state index in [1.54, 1.807) is 26.4 Å². The molecule has 5 heteroatoms. The molecule has 0 fully saturated rings. The average molecular weight is 254 g/mol. The van der Waals surface area contributed by atoms with Crippen LogP contribution >= 0.6 is 0 Å². The maximum atomic E-state index is 9.93. The fraction of sp³-hybridized carbons (Fsp3) is 0.615. The highest BCUT2D eigenvalue weighted by Crippen LogP contribution is 2.19. The van der Waals surface area contributed by atoms with Crippen molar-refractivity contribution in [2.24, 2.45) is 5.92 Å². The molecule has 0 saturated heterocycles. The van der Waals surface area contributed by atoms with Crippen LogP contribution in [-0.2, 0) is 4.79 Å². The van der Waals surface area contributed by atoms with Crippen LogP contribution in [0.4, 0.5) is 0 Å². The highest BCUT2D eigenvalue weighted by Gasteiger charge is 2.07. The number of aliphatic carboxylic acids is 1. The molecule has 0 spiro atoms. The van der Waals surface area contributed by atoms with E-state index in [-0.39, 0.29) is 5.92 Å². The van der Waals surface area contributed by atoms with Crippen molar-refractivity contribution in [3.63, 3.8) is 0 Å². The van der Waals surface area contributed by atoms with Crippen LogP contribution in [0, 0.1) is 5.92 Å². The minimum Gasteiger partial charge on any atom is -0.481 e. The maximum Gasteiger partial charge on any atom is 0.306 e. The molecule has 0 aliphatic rings. The molecule has 0 aliphatic carbocycles. The summed E-state index contributed by atoms with van der Waals surface area (Å²) in [6.45, 7) is 7.68. The van der Waals surface area contributed by atoms with E-state index < -0.39 is 5.97 Å². The molecule has 0 amide bonds. The molecular weight excluding hydrogens is 232 g/mol. The lowest BCUT2D eigenvalue weighted by atomic mass is 10.1. The zero-order valence-corrected chi connectivity index (χ0v) is 11.7. The quantitative estimate of drug-likeness (QED) is 0.894. The van der Waals surface area contributed by atoms with Gasteiger partial charge in [-0.15, -0.1) is 0 Å². The van der Waals surface area contributed by atoms with Gasteiger partial charge in [0, 0.05) is 18.3 Å². The second-order valence-corrected chi connectivity index (χ2v) is 4.25. The summed E-state index contributed by atoms with van der Waals surface area (Å²) in [5.74, 6) is 0.101. The second kappa shape index (κ2) is 8.44. The SMILES string of the molecule is CCC(C)C(=O)O.COc1nccnc1C(C)C. The van der Waals surface area contributed by atoms with Gasteiger partial charge in [0.05, 0.1) is 13.0 Å². The zero-order chi connectivity index (χ0) is 14.1. The summed E-state index contributed by atoms with van der Waals surface area (Å²) in [5.41, 5.74) is 0.912. The summed E-state index contributed by atoms with van der Waals surface area (Å²) in [6.07, 6.45) is 4.03. The number of carboxylic acid groups (broad SMARTS) is 1. The second-order valence-electron chi connectivity index (χ2n) is 4.25. The fourth-order valence-electron chi connectivity index (χ4n) is 1.06. The first-order valence-corrected chi connectivity index (χ1v) is 6.01. The van der Waals surface area contributed by atoms with Crippen molar-refractivity contribution in [1.29, 1.82) is 0 Å². The summed E-state index contributed by atoms with van der Waals surface area (Å²) in [5, 5.41) is 8.18. The Morgan fingerprint density at radius 2 is 1.89 bits per heavy atom. The van der Waals surface area contributed by atoms with Gasteiger partial charge < -0.3 is 9.84 Å². The van der Waals surface area contributed by atoms with E-state index in [2.05, 4.69) is 23.8 Å². The number of ether oxygens (including phenoxy) is 1. The van der Waals surface area contributed by atoms with Gasteiger partial charge >= 0.3 is 5.97 Å². The van der Waals surface area contributed by atoms with Crippen molar-refractivity contribution in [3.05, 3.63) is 18.1 Å². The van der Waals surface area contributed by atoms with Crippen molar-refractivity contribution >= 4 is 5.97 Å². The molecule has 102 valence electrons. The first-order valence-electron chi connectivity index (χ1n) is 6.01. The van der Waals surface area contributed by atoms with Crippen LogP contribution < -0.4 is 4.74 Å². The standard InChI is InChI=1S/C8H12N2O.C5H10O2/c1-6(2)7-8(11-3)10-5-4-9-7;1-3-4(2)5(6)7/h4-6H,1-3H3;4H,3H2,1-2H3,(H,6,7). The summed E-state index contributed by atoms with van der Waals surface area (Å²) < 4.78 is 5.03. The van der Waals surface area contributed by atoms with Crippen LogP contribution in [0.2, 0.25) is 0 Å². The van der Waals surface area contributed by atoms with Crippen LogP contribution in [0.15, 0.2) is 12.4 Å². The van der Waals surface area contributed by atoms with Gasteiger partial charge in [-0.25, -0.2) is 4.98 Å². The topological polar surface area (TPSA) is 72.3 Å². The highest BCUT2D eigenvalue weighted by molar-refractivity contribution is 5.69. The lowest BCUT2D eigenvalue weighted by Crippen LogP contribution is -2.06. The van der Waals surface area contributed by atoms with Gasteiger partial charge in [0.25, 0.3) is 0 Å². The van der Waals surface area contributed by atoms with E-state index in [0.29, 0.717) is 11.8 Å². The third kappa shape index (κ3) is 5.61. The molecule has 1 unspecified atom stereocenters. The Labute approximate surface area is 108 Å². The molecule has 0 aromatic carbocycles. The third-order valence-electron chi connectivity index (χ3n) is 2.47. The normalized spacial score (nSPS) is 11.4. The number of carbonyl (C=O) groups is 1. The van der Waals surface area contributed by atoms with E-state index in [9.17, 15) is 4.79 Å². The minimum atomic E-state index is -0.706. The van der Waals surface area contributed by atoms with E-state index in [1.807, 2.05) is 6.92 Å². The molecule has 0 aliphatic heterocycles. The Morgan fingerprint density at radius 1 is 1.33 bits per heavy atom. The van der Waals surface area contributed by atoms with Crippen LogP contribution in [0.3, 0.4) is 0 Å². The van der Waals surface area contributed by atoms with Crippen LogP contribution in [0.25, 0.3) is 0 Å². The Kier molecular flexibility index (Phi) is 7.67. The smallest absolute Gasteiger partial charge is 0.306 e. The first kappa shape index (κ1) is 16.4. The Balaban J connectivity index is 0.000000360. The zero-order valence-electron chi connectivity index (χ0n) is 11.7. The molecule has 5 nitrogen and oxygen atoms in total. The molecule has 1 rings (SSSR count). The molecule has 0 bridgehead atoms. The summed E-state index contributed by atoms with van der Waals surface area (Å²) >= 11 is 0. The molecule has 1 aromatic rings. The van der Waals surface area contributed by atoms with Gasteiger partial charge in [-0.2, -0.15) is 0 Å². The van der Waals surface area contributed by atoms with Crippen LogP contribution in [0.1, 0.15) is 45.7 Å². The monoisotopic (exact) mass is 254 g/mol. The van der Waals surface area contributed by atoms with E-state index in [0.717, 1.165) is 12.1 Å². The maximum absolute atomic E-state index is 9.93. The van der Waals surface area contributed by atoms with Gasteiger partial charge in [-0.1, -0.05) is 27.7 Å². The number of carboxylic acids is 1.